The number of furan rings is 1. The molecule has 0 radical (unpaired) electrons. The van der Waals surface area contributed by atoms with Gasteiger partial charge in [0, 0.05) is 29.5 Å². The van der Waals surface area contributed by atoms with Crippen molar-refractivity contribution in [2.45, 2.75) is 62.5 Å². The highest BCUT2D eigenvalue weighted by molar-refractivity contribution is 5.80. The third-order valence-corrected chi connectivity index (χ3v) is 7.59. The summed E-state index contributed by atoms with van der Waals surface area (Å²) in [6.45, 7) is 2.64. The van der Waals surface area contributed by atoms with Gasteiger partial charge >= 0.3 is 0 Å². The number of hydrogen-bond acceptors (Lipinski definition) is 3. The standard InChI is InChI=1S/C27H32FNO2/c1-29(18-21-19-30-25-7-3-2-6-24(21)25)16-14-26(22-8-10-23(28)11-9-22)15-17-31-27(20-26)12-4-5-13-27/h2-3,6-11,19H,4-5,12-18,20H2,1H3/t26-/m1/s1. The molecule has 1 aromatic heterocycles. The molecule has 1 saturated carbocycles. The fraction of sp³-hybridized carbons (Fsp3) is 0.481. The normalized spacial score (nSPS) is 23.2. The molecule has 3 aromatic rings. The Balaban J connectivity index is 1.35. The van der Waals surface area contributed by atoms with Gasteiger partial charge in [0.2, 0.25) is 0 Å². The van der Waals surface area contributed by atoms with Gasteiger partial charge in [-0.25, -0.2) is 4.39 Å². The topological polar surface area (TPSA) is 25.6 Å². The van der Waals surface area contributed by atoms with Crippen LogP contribution in [0.4, 0.5) is 4.39 Å². The van der Waals surface area contributed by atoms with E-state index in [0.29, 0.717) is 0 Å². The Kier molecular flexibility index (Phi) is 5.61. The summed E-state index contributed by atoms with van der Waals surface area (Å²) in [6, 6.07) is 15.5. The number of nitrogens with zero attached hydrogens (tertiary/aromatic N) is 1. The van der Waals surface area contributed by atoms with E-state index in [2.05, 4.69) is 24.1 Å². The lowest BCUT2D eigenvalue weighted by Crippen LogP contribution is -2.47. The quantitative estimate of drug-likeness (QED) is 0.457. The zero-order valence-electron chi connectivity index (χ0n) is 18.4. The summed E-state index contributed by atoms with van der Waals surface area (Å²) in [4.78, 5) is 2.39. The molecule has 4 heteroatoms. The summed E-state index contributed by atoms with van der Waals surface area (Å²) in [5, 5.41) is 1.19. The molecule has 2 heterocycles. The molecular formula is C27H32FNO2. The average molecular weight is 422 g/mol. The van der Waals surface area contributed by atoms with E-state index >= 15 is 0 Å². The third-order valence-electron chi connectivity index (χ3n) is 7.59. The van der Waals surface area contributed by atoms with Crippen molar-refractivity contribution in [3.63, 3.8) is 0 Å². The minimum atomic E-state index is -0.162. The van der Waals surface area contributed by atoms with Crippen LogP contribution in [0.2, 0.25) is 0 Å². The van der Waals surface area contributed by atoms with Crippen molar-refractivity contribution >= 4 is 11.0 Å². The molecule has 1 saturated heterocycles. The van der Waals surface area contributed by atoms with Crippen LogP contribution in [-0.4, -0.2) is 30.7 Å². The highest BCUT2D eigenvalue weighted by atomic mass is 19.1. The second-order valence-electron chi connectivity index (χ2n) is 9.70. The van der Waals surface area contributed by atoms with Gasteiger partial charge in [0.1, 0.15) is 11.4 Å². The van der Waals surface area contributed by atoms with Gasteiger partial charge in [-0.3, -0.25) is 0 Å². The van der Waals surface area contributed by atoms with Crippen LogP contribution in [-0.2, 0) is 16.7 Å². The molecule has 1 aliphatic carbocycles. The van der Waals surface area contributed by atoms with E-state index in [1.54, 1.807) is 12.1 Å². The zero-order chi connectivity index (χ0) is 21.3. The molecule has 0 N–H and O–H groups in total. The van der Waals surface area contributed by atoms with Crippen LogP contribution in [0, 0.1) is 5.82 Å². The Bertz CT molecular complexity index is 1020. The highest BCUT2D eigenvalue weighted by Gasteiger charge is 2.47. The Morgan fingerprint density at radius 1 is 1.00 bits per heavy atom. The summed E-state index contributed by atoms with van der Waals surface area (Å²) in [5.74, 6) is -0.162. The van der Waals surface area contributed by atoms with E-state index in [4.69, 9.17) is 9.15 Å². The number of para-hydroxylation sites is 1. The van der Waals surface area contributed by atoms with Crippen molar-refractivity contribution in [3.8, 4) is 0 Å². The second-order valence-corrected chi connectivity index (χ2v) is 9.70. The van der Waals surface area contributed by atoms with Crippen molar-refractivity contribution in [1.82, 2.24) is 4.90 Å². The van der Waals surface area contributed by atoms with Crippen LogP contribution in [0.3, 0.4) is 0 Å². The lowest BCUT2D eigenvalue weighted by molar-refractivity contribution is -0.104. The molecule has 31 heavy (non-hydrogen) atoms. The van der Waals surface area contributed by atoms with Gasteiger partial charge in [-0.05, 0) is 69.5 Å². The maximum Gasteiger partial charge on any atom is 0.134 e. The number of fused-ring (bicyclic) bond motifs is 1. The first-order chi connectivity index (χ1) is 15.1. The molecule has 2 fully saturated rings. The number of halogens is 1. The van der Waals surface area contributed by atoms with E-state index < -0.39 is 0 Å². The fourth-order valence-corrected chi connectivity index (χ4v) is 5.90. The van der Waals surface area contributed by atoms with Crippen molar-refractivity contribution in [2.75, 3.05) is 20.2 Å². The Hall–Kier alpha value is -2.17. The number of rotatable bonds is 6. The molecule has 2 aromatic carbocycles. The Labute approximate surface area is 184 Å². The van der Waals surface area contributed by atoms with Gasteiger partial charge in [-0.2, -0.15) is 0 Å². The van der Waals surface area contributed by atoms with Gasteiger partial charge in [-0.1, -0.05) is 43.2 Å². The van der Waals surface area contributed by atoms with Crippen LogP contribution in [0.1, 0.15) is 56.1 Å². The van der Waals surface area contributed by atoms with Gasteiger partial charge < -0.3 is 14.1 Å². The predicted molar refractivity (Wildman–Crippen MR) is 122 cm³/mol. The fourth-order valence-electron chi connectivity index (χ4n) is 5.90. The monoisotopic (exact) mass is 421 g/mol. The summed E-state index contributed by atoms with van der Waals surface area (Å²) >= 11 is 0. The summed E-state index contributed by atoms with van der Waals surface area (Å²) in [5.41, 5.74) is 3.51. The molecule has 5 rings (SSSR count). The highest BCUT2D eigenvalue weighted by Crippen LogP contribution is 2.50. The van der Waals surface area contributed by atoms with Crippen molar-refractivity contribution < 1.29 is 13.5 Å². The van der Waals surface area contributed by atoms with Crippen molar-refractivity contribution in [1.29, 1.82) is 0 Å². The van der Waals surface area contributed by atoms with Gasteiger partial charge in [-0.15, -0.1) is 0 Å². The Morgan fingerprint density at radius 2 is 1.77 bits per heavy atom. The first-order valence-corrected chi connectivity index (χ1v) is 11.6. The van der Waals surface area contributed by atoms with Crippen LogP contribution in [0.25, 0.3) is 11.0 Å². The van der Waals surface area contributed by atoms with E-state index in [0.717, 1.165) is 57.4 Å². The van der Waals surface area contributed by atoms with Crippen LogP contribution < -0.4 is 0 Å². The molecule has 164 valence electrons. The van der Waals surface area contributed by atoms with E-state index in [1.807, 2.05) is 30.5 Å². The first-order valence-electron chi connectivity index (χ1n) is 11.6. The second kappa shape index (κ2) is 8.40. The molecule has 0 amide bonds. The van der Waals surface area contributed by atoms with Crippen LogP contribution >= 0.6 is 0 Å². The molecule has 0 bridgehead atoms. The van der Waals surface area contributed by atoms with Gasteiger partial charge in [0.15, 0.2) is 0 Å². The Morgan fingerprint density at radius 3 is 2.58 bits per heavy atom. The number of hydrogen-bond donors (Lipinski definition) is 0. The van der Waals surface area contributed by atoms with E-state index in [9.17, 15) is 4.39 Å². The minimum absolute atomic E-state index is 0.0198. The lowest BCUT2D eigenvalue weighted by atomic mass is 9.66. The zero-order valence-corrected chi connectivity index (χ0v) is 18.4. The van der Waals surface area contributed by atoms with E-state index in [1.165, 1.54) is 29.4 Å². The molecule has 2 aliphatic rings. The smallest absolute Gasteiger partial charge is 0.134 e. The minimum Gasteiger partial charge on any atom is -0.464 e. The van der Waals surface area contributed by atoms with Gasteiger partial charge in [0.25, 0.3) is 0 Å². The largest absolute Gasteiger partial charge is 0.464 e. The van der Waals surface area contributed by atoms with E-state index in [-0.39, 0.29) is 16.8 Å². The van der Waals surface area contributed by atoms with Crippen molar-refractivity contribution in [2.24, 2.45) is 0 Å². The maximum atomic E-state index is 13.7. The summed E-state index contributed by atoms with van der Waals surface area (Å²) < 4.78 is 25.8. The third kappa shape index (κ3) is 4.16. The summed E-state index contributed by atoms with van der Waals surface area (Å²) in [7, 11) is 2.19. The van der Waals surface area contributed by atoms with Crippen LogP contribution in [0.5, 0.6) is 0 Å². The van der Waals surface area contributed by atoms with Crippen molar-refractivity contribution in [3.05, 3.63) is 71.7 Å². The molecule has 0 unspecified atom stereocenters. The SMILES string of the molecule is CN(CC[C@@]1(c2ccc(F)cc2)CCOC2(CCCC2)C1)Cc1coc2ccccc12. The summed E-state index contributed by atoms with van der Waals surface area (Å²) in [6.07, 6.45) is 9.82. The maximum absolute atomic E-state index is 13.7. The lowest BCUT2D eigenvalue weighted by Gasteiger charge is -2.47. The number of benzene rings is 2. The molecule has 1 spiro atoms. The van der Waals surface area contributed by atoms with Gasteiger partial charge in [0.05, 0.1) is 11.9 Å². The molecule has 1 atom stereocenters. The molecule has 3 nitrogen and oxygen atoms in total. The molecular weight excluding hydrogens is 389 g/mol. The predicted octanol–water partition coefficient (Wildman–Crippen LogP) is 6.46. The average Bonchev–Trinajstić information content (AvgIpc) is 3.40. The molecule has 1 aliphatic heterocycles. The first kappa shape index (κ1) is 20.7. The van der Waals surface area contributed by atoms with Crippen LogP contribution in [0.15, 0.2) is 59.2 Å². The number of ether oxygens (including phenoxy) is 1.